The van der Waals surface area contributed by atoms with Crippen LogP contribution in [0.3, 0.4) is 0 Å². The summed E-state index contributed by atoms with van der Waals surface area (Å²) in [6, 6.07) is 23.3. The van der Waals surface area contributed by atoms with Crippen molar-refractivity contribution in [2.45, 2.75) is 5.92 Å². The molecule has 3 aromatic rings. The van der Waals surface area contributed by atoms with E-state index in [-0.39, 0.29) is 43.6 Å². The Morgan fingerprint density at radius 3 is 1.71 bits per heavy atom. The molecule has 9 nitrogen and oxygen atoms in total. The minimum atomic E-state index is -0.384. The van der Waals surface area contributed by atoms with Crippen LogP contribution in [0.5, 0.6) is 0 Å². The Balaban J connectivity index is 0.898. The molecule has 1 aliphatic carbocycles. The summed E-state index contributed by atoms with van der Waals surface area (Å²) < 4.78 is 22.2. The number of hydrogen-bond donors (Lipinski definition) is 0. The van der Waals surface area contributed by atoms with Gasteiger partial charge in [0.05, 0.1) is 57.3 Å². The number of fused-ring (bicyclic) bond motifs is 4. The lowest BCUT2D eigenvalue weighted by Gasteiger charge is -2.19. The van der Waals surface area contributed by atoms with Crippen molar-refractivity contribution in [1.82, 2.24) is 9.80 Å². The first-order chi connectivity index (χ1) is 20.1. The predicted octanol–water partition coefficient (Wildman–Crippen LogP) is 4.21. The van der Waals surface area contributed by atoms with Gasteiger partial charge < -0.3 is 23.8 Å². The fourth-order valence-electron chi connectivity index (χ4n) is 5.14. The van der Waals surface area contributed by atoms with E-state index in [4.69, 9.17) is 18.9 Å². The third-order valence-electron chi connectivity index (χ3n) is 7.30. The highest BCUT2D eigenvalue weighted by Gasteiger charge is 2.34. The molecule has 0 N–H and O–H groups in total. The summed E-state index contributed by atoms with van der Waals surface area (Å²) in [6.07, 6.45) is -0.384. The number of nitrogens with zero attached hydrogens (tertiary/aromatic N) is 2. The molecule has 0 spiro atoms. The average molecular weight is 559 g/mol. The number of benzene rings is 3. The molecule has 214 valence electrons. The summed E-state index contributed by atoms with van der Waals surface area (Å²) in [6.45, 7) is 2.97. The number of amides is 3. The summed E-state index contributed by atoms with van der Waals surface area (Å²) in [5, 5.41) is 0. The van der Waals surface area contributed by atoms with Gasteiger partial charge in [0.15, 0.2) is 0 Å². The number of rotatable bonds is 14. The number of likely N-dealkylation sites (N-methyl/N-ethyl adjacent to an activating group) is 1. The maximum absolute atomic E-state index is 12.6. The number of hydrogen-bond acceptors (Lipinski definition) is 7. The average Bonchev–Trinajstić information content (AvgIpc) is 3.45. The Bertz CT molecular complexity index is 1310. The van der Waals surface area contributed by atoms with Crippen LogP contribution in [-0.4, -0.2) is 94.1 Å². The van der Waals surface area contributed by atoms with Gasteiger partial charge in [-0.3, -0.25) is 14.5 Å². The Morgan fingerprint density at radius 2 is 1.15 bits per heavy atom. The zero-order valence-electron chi connectivity index (χ0n) is 23.1. The van der Waals surface area contributed by atoms with Crippen LogP contribution >= 0.6 is 0 Å². The van der Waals surface area contributed by atoms with Crippen LogP contribution in [-0.2, 0) is 18.9 Å². The van der Waals surface area contributed by atoms with E-state index in [9.17, 15) is 14.4 Å². The topological polar surface area (TPSA) is 94.6 Å². The van der Waals surface area contributed by atoms with Crippen molar-refractivity contribution in [3.8, 4) is 11.1 Å². The quantitative estimate of drug-likeness (QED) is 0.216. The first kappa shape index (κ1) is 28.5. The van der Waals surface area contributed by atoms with Crippen molar-refractivity contribution < 1.29 is 33.3 Å². The summed E-state index contributed by atoms with van der Waals surface area (Å²) >= 11 is 0. The fraction of sp³-hybridized carbons (Fsp3) is 0.344. The van der Waals surface area contributed by atoms with Crippen LogP contribution in [0.4, 0.5) is 4.79 Å². The molecule has 1 heterocycles. The van der Waals surface area contributed by atoms with E-state index >= 15 is 0 Å². The molecule has 0 saturated carbocycles. The van der Waals surface area contributed by atoms with E-state index in [1.165, 1.54) is 32.1 Å². The molecule has 41 heavy (non-hydrogen) atoms. The van der Waals surface area contributed by atoms with Crippen LogP contribution in [0.15, 0.2) is 72.8 Å². The highest BCUT2D eigenvalue weighted by molar-refractivity contribution is 6.21. The maximum atomic E-state index is 12.6. The second-order valence-electron chi connectivity index (χ2n) is 9.87. The second-order valence-corrected chi connectivity index (χ2v) is 9.87. The molecule has 0 unspecified atom stereocenters. The third kappa shape index (κ3) is 6.48. The minimum Gasteiger partial charge on any atom is -0.448 e. The highest BCUT2D eigenvalue weighted by Crippen LogP contribution is 2.44. The molecule has 9 heteroatoms. The molecule has 0 atom stereocenters. The first-order valence-electron chi connectivity index (χ1n) is 13.8. The summed E-state index contributed by atoms with van der Waals surface area (Å²) in [5.41, 5.74) is 5.62. The zero-order valence-corrected chi connectivity index (χ0v) is 23.1. The lowest BCUT2D eigenvalue weighted by Crippen LogP contribution is -2.33. The van der Waals surface area contributed by atoms with Gasteiger partial charge in [0, 0.05) is 19.5 Å². The van der Waals surface area contributed by atoms with E-state index in [1.807, 2.05) is 24.3 Å². The molecule has 0 bridgehead atoms. The van der Waals surface area contributed by atoms with Crippen molar-refractivity contribution in [1.29, 1.82) is 0 Å². The zero-order chi connectivity index (χ0) is 28.6. The van der Waals surface area contributed by atoms with Crippen LogP contribution in [0.2, 0.25) is 0 Å². The van der Waals surface area contributed by atoms with Gasteiger partial charge in [0.25, 0.3) is 11.8 Å². The fourth-order valence-corrected chi connectivity index (χ4v) is 5.14. The van der Waals surface area contributed by atoms with E-state index < -0.39 is 0 Å². The molecule has 5 rings (SSSR count). The number of imide groups is 1. The standard InChI is InChI=1S/C32H34N2O7/c1-33(32(37)41-22-29-25-10-4-2-8-23(25)24-9-3-5-11-26(24)29)14-16-38-18-20-40-21-19-39-17-15-34-30(35)27-12-6-7-13-28(27)31(34)36/h2-13,29H,14-22H2,1H3. The van der Waals surface area contributed by atoms with Crippen LogP contribution in [0.25, 0.3) is 11.1 Å². The summed E-state index contributed by atoms with van der Waals surface area (Å²) in [7, 11) is 1.69. The monoisotopic (exact) mass is 558 g/mol. The van der Waals surface area contributed by atoms with Crippen LogP contribution in [0.1, 0.15) is 37.8 Å². The van der Waals surface area contributed by atoms with E-state index in [0.29, 0.717) is 50.7 Å². The smallest absolute Gasteiger partial charge is 0.409 e. The van der Waals surface area contributed by atoms with E-state index in [0.717, 1.165) is 0 Å². The maximum Gasteiger partial charge on any atom is 0.409 e. The van der Waals surface area contributed by atoms with Gasteiger partial charge >= 0.3 is 6.09 Å². The van der Waals surface area contributed by atoms with Gasteiger partial charge in [-0.25, -0.2) is 4.79 Å². The molecule has 1 aliphatic heterocycles. The molecule has 0 aromatic heterocycles. The third-order valence-corrected chi connectivity index (χ3v) is 7.30. The van der Waals surface area contributed by atoms with Crippen molar-refractivity contribution in [3.05, 3.63) is 95.1 Å². The Kier molecular flexibility index (Phi) is 9.40. The first-order valence-corrected chi connectivity index (χ1v) is 13.8. The number of carbonyl (C=O) groups excluding carboxylic acids is 3. The summed E-state index contributed by atoms with van der Waals surface area (Å²) in [5.74, 6) is -0.543. The molecule has 0 fully saturated rings. The van der Waals surface area contributed by atoms with Crippen LogP contribution in [0, 0.1) is 0 Å². The molecule has 0 saturated heterocycles. The van der Waals surface area contributed by atoms with Gasteiger partial charge in [0.1, 0.15) is 6.61 Å². The van der Waals surface area contributed by atoms with Gasteiger partial charge in [-0.05, 0) is 34.4 Å². The van der Waals surface area contributed by atoms with Gasteiger partial charge in [-0.1, -0.05) is 60.7 Å². The van der Waals surface area contributed by atoms with Crippen molar-refractivity contribution in [2.24, 2.45) is 0 Å². The largest absolute Gasteiger partial charge is 0.448 e. The van der Waals surface area contributed by atoms with Crippen molar-refractivity contribution in [3.63, 3.8) is 0 Å². The molecule has 3 amide bonds. The van der Waals surface area contributed by atoms with Gasteiger partial charge in [-0.2, -0.15) is 0 Å². The SMILES string of the molecule is CN(CCOCCOCCOCCN1C(=O)c2ccccc2C1=O)C(=O)OCC1c2ccccc2-c2ccccc21. The lowest BCUT2D eigenvalue weighted by molar-refractivity contribution is 0.00832. The second kappa shape index (κ2) is 13.5. The van der Waals surface area contributed by atoms with Crippen molar-refractivity contribution >= 4 is 17.9 Å². The Labute approximate surface area is 239 Å². The summed E-state index contributed by atoms with van der Waals surface area (Å²) in [4.78, 5) is 39.9. The number of carbonyl (C=O) groups is 3. The molecule has 3 aromatic carbocycles. The lowest BCUT2D eigenvalue weighted by atomic mass is 9.98. The predicted molar refractivity (Wildman–Crippen MR) is 152 cm³/mol. The van der Waals surface area contributed by atoms with Gasteiger partial charge in [0.2, 0.25) is 0 Å². The Hall–Kier alpha value is -4.05. The normalized spacial score (nSPS) is 13.7. The molecule has 0 radical (unpaired) electrons. The molecule has 2 aliphatic rings. The van der Waals surface area contributed by atoms with E-state index in [2.05, 4.69) is 24.3 Å². The number of ether oxygens (including phenoxy) is 4. The van der Waals surface area contributed by atoms with Gasteiger partial charge in [-0.15, -0.1) is 0 Å². The Morgan fingerprint density at radius 1 is 0.683 bits per heavy atom. The van der Waals surface area contributed by atoms with E-state index in [1.54, 1.807) is 31.3 Å². The minimum absolute atomic E-state index is 0.0273. The van der Waals surface area contributed by atoms with Crippen molar-refractivity contribution in [2.75, 3.05) is 66.4 Å². The molecular weight excluding hydrogens is 524 g/mol. The molecular formula is C32H34N2O7. The van der Waals surface area contributed by atoms with Crippen LogP contribution < -0.4 is 0 Å². The highest BCUT2D eigenvalue weighted by atomic mass is 16.6.